The Morgan fingerprint density at radius 3 is 2.59 bits per heavy atom. The van der Waals surface area contributed by atoms with Gasteiger partial charge < -0.3 is 19.7 Å². The van der Waals surface area contributed by atoms with Crippen molar-refractivity contribution in [1.82, 2.24) is 4.90 Å². The number of methoxy groups -OCH3 is 1. The van der Waals surface area contributed by atoms with Crippen LogP contribution < -0.4 is 14.8 Å². The molecule has 1 aliphatic rings. The molecule has 2 atom stereocenters. The zero-order chi connectivity index (χ0) is 21.0. The van der Waals surface area contributed by atoms with Crippen molar-refractivity contribution in [3.63, 3.8) is 0 Å². The third-order valence-corrected chi connectivity index (χ3v) is 5.33. The lowest BCUT2D eigenvalue weighted by molar-refractivity contribution is -0.140. The van der Waals surface area contributed by atoms with Crippen molar-refractivity contribution in [1.29, 1.82) is 0 Å². The zero-order valence-corrected chi connectivity index (χ0v) is 17.4. The highest BCUT2D eigenvalue weighted by Crippen LogP contribution is 2.31. The van der Waals surface area contributed by atoms with Crippen LogP contribution in [-0.4, -0.2) is 36.0 Å². The lowest BCUT2D eigenvalue weighted by Gasteiger charge is -2.28. The Kier molecular flexibility index (Phi) is 6.42. The summed E-state index contributed by atoms with van der Waals surface area (Å²) in [7, 11) is 1.59. The van der Waals surface area contributed by atoms with E-state index < -0.39 is 6.10 Å². The maximum Gasteiger partial charge on any atom is 0.264 e. The first kappa shape index (κ1) is 20.7. The number of nitrogens with one attached hydrogen (secondary N) is 1. The van der Waals surface area contributed by atoms with Crippen LogP contribution in [0.4, 0.5) is 5.69 Å². The zero-order valence-electron chi connectivity index (χ0n) is 17.4. The molecule has 29 heavy (non-hydrogen) atoms. The number of benzene rings is 2. The first-order valence-corrected chi connectivity index (χ1v) is 10.0. The molecule has 1 heterocycles. The van der Waals surface area contributed by atoms with E-state index in [0.29, 0.717) is 35.7 Å². The van der Waals surface area contributed by atoms with Crippen LogP contribution in [-0.2, 0) is 11.3 Å². The minimum Gasteiger partial charge on any atom is -0.497 e. The van der Waals surface area contributed by atoms with Gasteiger partial charge in [-0.25, -0.2) is 0 Å². The van der Waals surface area contributed by atoms with Crippen LogP contribution in [0.5, 0.6) is 11.5 Å². The molecule has 2 amide bonds. The van der Waals surface area contributed by atoms with Crippen LogP contribution in [0.2, 0.25) is 0 Å². The molecule has 0 aliphatic carbocycles. The summed E-state index contributed by atoms with van der Waals surface area (Å²) in [6.07, 6.45) is 0.997. The van der Waals surface area contributed by atoms with Gasteiger partial charge in [0.05, 0.1) is 7.11 Å². The topological polar surface area (TPSA) is 67.9 Å². The highest BCUT2D eigenvalue weighted by molar-refractivity contribution is 6.04. The molecule has 0 saturated carbocycles. The first-order valence-electron chi connectivity index (χ1n) is 10.0. The maximum absolute atomic E-state index is 12.9. The van der Waals surface area contributed by atoms with Crippen molar-refractivity contribution in [2.45, 2.75) is 52.3 Å². The normalized spacial score (nSPS) is 17.0. The molecule has 154 valence electrons. The second-order valence-electron chi connectivity index (χ2n) is 7.24. The van der Waals surface area contributed by atoms with Crippen molar-refractivity contribution in [2.75, 3.05) is 12.4 Å². The molecule has 0 unspecified atom stereocenters. The predicted octanol–water partition coefficient (Wildman–Crippen LogP) is 4.25. The minimum atomic E-state index is -0.481. The molecule has 0 bridgehead atoms. The fraction of sp³-hybridized carbons (Fsp3) is 0.391. The Hall–Kier alpha value is -3.02. The quantitative estimate of drug-likeness (QED) is 0.793. The molecular weight excluding hydrogens is 368 g/mol. The van der Waals surface area contributed by atoms with E-state index in [1.165, 1.54) is 0 Å². The molecule has 0 radical (unpaired) electrons. The predicted molar refractivity (Wildman–Crippen MR) is 112 cm³/mol. The molecule has 0 saturated heterocycles. The molecular formula is C23H28N2O4. The molecule has 0 aromatic heterocycles. The maximum atomic E-state index is 12.9. The van der Waals surface area contributed by atoms with Gasteiger partial charge in [-0.15, -0.1) is 0 Å². The number of amides is 2. The van der Waals surface area contributed by atoms with E-state index in [1.807, 2.05) is 30.9 Å². The number of rotatable bonds is 6. The van der Waals surface area contributed by atoms with Crippen LogP contribution in [0.1, 0.15) is 49.5 Å². The van der Waals surface area contributed by atoms with Gasteiger partial charge in [0.25, 0.3) is 11.8 Å². The van der Waals surface area contributed by atoms with E-state index in [-0.39, 0.29) is 17.9 Å². The van der Waals surface area contributed by atoms with E-state index in [2.05, 4.69) is 12.2 Å². The van der Waals surface area contributed by atoms with E-state index in [0.717, 1.165) is 12.0 Å². The second-order valence-corrected chi connectivity index (χ2v) is 7.24. The summed E-state index contributed by atoms with van der Waals surface area (Å²) in [5.41, 5.74) is 2.10. The van der Waals surface area contributed by atoms with Gasteiger partial charge in [-0.05, 0) is 62.2 Å². The highest BCUT2D eigenvalue weighted by atomic mass is 16.5. The van der Waals surface area contributed by atoms with Gasteiger partial charge >= 0.3 is 0 Å². The van der Waals surface area contributed by atoms with Crippen molar-refractivity contribution >= 4 is 17.5 Å². The summed E-state index contributed by atoms with van der Waals surface area (Å²) in [6, 6.07) is 12.6. The van der Waals surface area contributed by atoms with E-state index in [1.54, 1.807) is 37.4 Å². The largest absolute Gasteiger partial charge is 0.497 e. The van der Waals surface area contributed by atoms with Gasteiger partial charge in [-0.2, -0.15) is 0 Å². The molecule has 1 aliphatic heterocycles. The Morgan fingerprint density at radius 1 is 1.24 bits per heavy atom. The number of hydrogen-bond donors (Lipinski definition) is 1. The minimum absolute atomic E-state index is 0.0156. The Balaban J connectivity index is 1.83. The lowest BCUT2D eigenvalue weighted by Crippen LogP contribution is -2.43. The summed E-state index contributed by atoms with van der Waals surface area (Å²) in [4.78, 5) is 27.3. The first-order chi connectivity index (χ1) is 14.0. The van der Waals surface area contributed by atoms with Gasteiger partial charge in [0, 0.05) is 29.4 Å². The number of hydrogen-bond acceptors (Lipinski definition) is 4. The van der Waals surface area contributed by atoms with Gasteiger partial charge in [-0.3, -0.25) is 9.59 Å². The number of fused-ring (bicyclic) bond motifs is 1. The Morgan fingerprint density at radius 2 is 1.97 bits per heavy atom. The van der Waals surface area contributed by atoms with Crippen LogP contribution in [0.25, 0.3) is 0 Å². The summed E-state index contributed by atoms with van der Waals surface area (Å²) in [5, 5.41) is 2.92. The van der Waals surface area contributed by atoms with Crippen LogP contribution in [0.15, 0.2) is 42.5 Å². The average molecular weight is 396 g/mol. The van der Waals surface area contributed by atoms with Gasteiger partial charge in [0.2, 0.25) is 0 Å². The fourth-order valence-corrected chi connectivity index (χ4v) is 3.34. The average Bonchev–Trinajstić information content (AvgIpc) is 2.89. The SMILES string of the molecule is CC[C@@H](C)N1Cc2cc(NC(=O)c3ccc(OC)cc3)ccc2O[C@H](CC)C1=O. The lowest BCUT2D eigenvalue weighted by atomic mass is 10.1. The molecule has 2 aromatic carbocycles. The van der Waals surface area contributed by atoms with Gasteiger partial charge in [-0.1, -0.05) is 13.8 Å². The second kappa shape index (κ2) is 8.99. The number of nitrogens with zero attached hydrogens (tertiary/aromatic N) is 1. The van der Waals surface area contributed by atoms with Crippen molar-refractivity contribution in [2.24, 2.45) is 0 Å². The summed E-state index contributed by atoms with van der Waals surface area (Å²) in [6.45, 7) is 6.53. The van der Waals surface area contributed by atoms with E-state index >= 15 is 0 Å². The molecule has 1 N–H and O–H groups in total. The fourth-order valence-electron chi connectivity index (χ4n) is 3.34. The molecule has 6 heteroatoms. The number of anilines is 1. The number of carbonyl (C=O) groups excluding carboxylic acids is 2. The van der Waals surface area contributed by atoms with Crippen LogP contribution in [0, 0.1) is 0 Å². The number of ether oxygens (including phenoxy) is 2. The highest BCUT2D eigenvalue weighted by Gasteiger charge is 2.32. The van der Waals surface area contributed by atoms with E-state index in [9.17, 15) is 9.59 Å². The summed E-state index contributed by atoms with van der Waals surface area (Å²) in [5.74, 6) is 1.20. The molecule has 0 spiro atoms. The van der Waals surface area contributed by atoms with Crippen LogP contribution in [0.3, 0.4) is 0 Å². The Labute approximate surface area is 171 Å². The summed E-state index contributed by atoms with van der Waals surface area (Å²) >= 11 is 0. The van der Waals surface area contributed by atoms with Crippen molar-refractivity contribution in [3.8, 4) is 11.5 Å². The Bertz CT molecular complexity index is 879. The third-order valence-electron chi connectivity index (χ3n) is 5.33. The molecule has 0 fully saturated rings. The molecule has 2 aromatic rings. The monoisotopic (exact) mass is 396 g/mol. The standard InChI is InChI=1S/C23H28N2O4/c1-5-15(3)25-14-17-13-18(9-12-21(17)29-20(6-2)23(25)27)24-22(26)16-7-10-19(28-4)11-8-16/h7-13,15,20H,5-6,14H2,1-4H3,(H,24,26)/t15-,20-/m1/s1. The van der Waals surface area contributed by atoms with Gasteiger partial charge in [0.1, 0.15) is 11.5 Å². The third kappa shape index (κ3) is 4.53. The van der Waals surface area contributed by atoms with Crippen molar-refractivity contribution < 1.29 is 19.1 Å². The van der Waals surface area contributed by atoms with Gasteiger partial charge in [0.15, 0.2) is 6.10 Å². The molecule has 6 nitrogen and oxygen atoms in total. The summed E-state index contributed by atoms with van der Waals surface area (Å²) < 4.78 is 11.1. The smallest absolute Gasteiger partial charge is 0.264 e. The van der Waals surface area contributed by atoms with E-state index in [4.69, 9.17) is 9.47 Å². The van der Waals surface area contributed by atoms with Crippen LogP contribution >= 0.6 is 0 Å². The van der Waals surface area contributed by atoms with Crippen molar-refractivity contribution in [3.05, 3.63) is 53.6 Å². The molecule has 3 rings (SSSR count). The number of carbonyl (C=O) groups is 2.